The summed E-state index contributed by atoms with van der Waals surface area (Å²) in [4.78, 5) is 0.0412. The molecular weight excluding hydrogens is 324 g/mol. The highest BCUT2D eigenvalue weighted by Crippen LogP contribution is 2.26. The van der Waals surface area contributed by atoms with Crippen LogP contribution in [0.5, 0.6) is 0 Å². The van der Waals surface area contributed by atoms with Crippen molar-refractivity contribution in [3.63, 3.8) is 0 Å². The number of sulfonamides is 1. The van der Waals surface area contributed by atoms with Gasteiger partial charge in [-0.1, -0.05) is 15.9 Å². The van der Waals surface area contributed by atoms with E-state index in [1.54, 1.807) is 13.0 Å². The standard InChI is InChI=1S/C10H15BrN2O4S/c1-6-9(12)2-7(11)3-10(6)18(16,17)13-4-8(15)5-14/h2-3,8,13-15H,4-5,12H2,1H3. The fourth-order valence-electron chi connectivity index (χ4n) is 1.30. The molecule has 0 fully saturated rings. The van der Waals surface area contributed by atoms with Crippen LogP contribution >= 0.6 is 15.9 Å². The fraction of sp³-hybridized carbons (Fsp3) is 0.400. The molecule has 0 bridgehead atoms. The molecule has 0 aliphatic carbocycles. The molecule has 1 rings (SSSR count). The monoisotopic (exact) mass is 338 g/mol. The Morgan fingerprint density at radius 2 is 2.11 bits per heavy atom. The van der Waals surface area contributed by atoms with Crippen LogP contribution in [0.3, 0.4) is 0 Å². The lowest BCUT2D eigenvalue weighted by atomic mass is 10.2. The lowest BCUT2D eigenvalue weighted by Gasteiger charge is -2.13. The Balaban J connectivity index is 3.05. The second-order valence-corrected chi connectivity index (χ2v) is 6.46. The summed E-state index contributed by atoms with van der Waals surface area (Å²) >= 11 is 3.17. The van der Waals surface area contributed by atoms with E-state index >= 15 is 0 Å². The quantitative estimate of drug-likeness (QED) is 0.563. The first kappa shape index (κ1) is 15.4. The van der Waals surface area contributed by atoms with Crippen molar-refractivity contribution in [3.8, 4) is 0 Å². The highest BCUT2D eigenvalue weighted by atomic mass is 79.9. The lowest BCUT2D eigenvalue weighted by molar-refractivity contribution is 0.0988. The number of hydrogen-bond donors (Lipinski definition) is 4. The van der Waals surface area contributed by atoms with Crippen LogP contribution in [0.1, 0.15) is 5.56 Å². The second kappa shape index (κ2) is 5.98. The molecule has 0 aliphatic rings. The zero-order chi connectivity index (χ0) is 13.9. The molecule has 8 heteroatoms. The maximum absolute atomic E-state index is 12.0. The van der Waals surface area contributed by atoms with Gasteiger partial charge >= 0.3 is 0 Å². The van der Waals surface area contributed by atoms with Crippen molar-refractivity contribution in [2.75, 3.05) is 18.9 Å². The third-order valence-electron chi connectivity index (χ3n) is 2.37. The number of aliphatic hydroxyl groups is 2. The van der Waals surface area contributed by atoms with E-state index in [1.807, 2.05) is 0 Å². The average molecular weight is 339 g/mol. The number of nitrogen functional groups attached to an aromatic ring is 1. The van der Waals surface area contributed by atoms with Crippen molar-refractivity contribution >= 4 is 31.6 Å². The van der Waals surface area contributed by atoms with Crippen LogP contribution < -0.4 is 10.5 Å². The van der Waals surface area contributed by atoms with Gasteiger partial charge in [0.1, 0.15) is 0 Å². The molecule has 1 unspecified atom stereocenters. The predicted octanol–water partition coefficient (Wildman–Crippen LogP) is -0.0288. The van der Waals surface area contributed by atoms with E-state index in [1.165, 1.54) is 6.07 Å². The van der Waals surface area contributed by atoms with Gasteiger partial charge < -0.3 is 15.9 Å². The maximum Gasteiger partial charge on any atom is 0.241 e. The fourth-order valence-corrected chi connectivity index (χ4v) is 3.30. The minimum absolute atomic E-state index is 0.0412. The zero-order valence-corrected chi connectivity index (χ0v) is 12.1. The molecule has 102 valence electrons. The summed E-state index contributed by atoms with van der Waals surface area (Å²) in [5.41, 5.74) is 6.48. The van der Waals surface area contributed by atoms with E-state index in [-0.39, 0.29) is 11.4 Å². The van der Waals surface area contributed by atoms with Crippen LogP contribution in [0.4, 0.5) is 5.69 Å². The van der Waals surface area contributed by atoms with E-state index < -0.39 is 22.7 Å². The molecule has 0 radical (unpaired) electrons. The van der Waals surface area contributed by atoms with E-state index in [0.29, 0.717) is 15.7 Å². The van der Waals surface area contributed by atoms with Crippen LogP contribution in [0.25, 0.3) is 0 Å². The van der Waals surface area contributed by atoms with Gasteiger partial charge in [0.25, 0.3) is 0 Å². The van der Waals surface area contributed by atoms with Gasteiger partial charge in [-0.2, -0.15) is 0 Å². The van der Waals surface area contributed by atoms with Gasteiger partial charge in [0.2, 0.25) is 10.0 Å². The van der Waals surface area contributed by atoms with Crippen molar-refractivity contribution in [1.82, 2.24) is 4.72 Å². The summed E-state index contributed by atoms with van der Waals surface area (Å²) in [5, 5.41) is 17.8. The van der Waals surface area contributed by atoms with Crippen molar-refractivity contribution in [2.24, 2.45) is 0 Å². The topological polar surface area (TPSA) is 113 Å². The summed E-state index contributed by atoms with van der Waals surface area (Å²) < 4.78 is 26.8. The molecule has 0 amide bonds. The molecule has 0 saturated carbocycles. The molecule has 6 nitrogen and oxygen atoms in total. The molecule has 0 aromatic heterocycles. The van der Waals surface area contributed by atoms with E-state index in [2.05, 4.69) is 20.7 Å². The highest BCUT2D eigenvalue weighted by molar-refractivity contribution is 9.10. The zero-order valence-electron chi connectivity index (χ0n) is 9.72. The van der Waals surface area contributed by atoms with Gasteiger partial charge in [-0.15, -0.1) is 0 Å². The molecule has 0 aliphatic heterocycles. The summed E-state index contributed by atoms with van der Waals surface area (Å²) in [6.07, 6.45) is -1.13. The first-order valence-corrected chi connectivity index (χ1v) is 7.39. The molecule has 1 atom stereocenters. The minimum atomic E-state index is -3.77. The number of benzene rings is 1. The molecule has 1 aromatic rings. The largest absolute Gasteiger partial charge is 0.398 e. The van der Waals surface area contributed by atoms with Gasteiger partial charge in [-0.3, -0.25) is 0 Å². The molecule has 0 saturated heterocycles. The normalized spacial score (nSPS) is 13.6. The highest BCUT2D eigenvalue weighted by Gasteiger charge is 2.19. The Bertz CT molecular complexity index is 533. The van der Waals surface area contributed by atoms with Gasteiger partial charge in [-0.05, 0) is 24.6 Å². The van der Waals surface area contributed by atoms with Crippen molar-refractivity contribution < 1.29 is 18.6 Å². The Morgan fingerprint density at radius 3 is 2.67 bits per heavy atom. The first-order chi connectivity index (χ1) is 8.27. The summed E-state index contributed by atoms with van der Waals surface area (Å²) in [5.74, 6) is 0. The van der Waals surface area contributed by atoms with Crippen LogP contribution in [0.15, 0.2) is 21.5 Å². The Kier molecular flexibility index (Phi) is 5.11. The van der Waals surface area contributed by atoms with Gasteiger partial charge in [0.05, 0.1) is 17.6 Å². The SMILES string of the molecule is Cc1c(N)cc(Br)cc1S(=O)(=O)NCC(O)CO. The second-order valence-electron chi connectivity index (χ2n) is 3.81. The molecule has 0 heterocycles. The molecular formula is C10H15BrN2O4S. The van der Waals surface area contributed by atoms with Gasteiger partial charge in [-0.25, -0.2) is 13.1 Å². The predicted molar refractivity (Wildman–Crippen MR) is 71.6 cm³/mol. The van der Waals surface area contributed by atoms with Crippen LogP contribution in [-0.2, 0) is 10.0 Å². The number of nitrogens with one attached hydrogen (secondary N) is 1. The summed E-state index contributed by atoms with van der Waals surface area (Å²) in [6, 6.07) is 3.04. The van der Waals surface area contributed by atoms with Gasteiger partial charge in [0, 0.05) is 16.7 Å². The number of anilines is 1. The minimum Gasteiger partial charge on any atom is -0.398 e. The van der Waals surface area contributed by atoms with Crippen LogP contribution in [0.2, 0.25) is 0 Å². The molecule has 1 aromatic carbocycles. The Hall–Kier alpha value is -0.670. The third-order valence-corrected chi connectivity index (χ3v) is 4.38. The van der Waals surface area contributed by atoms with Crippen LogP contribution in [0, 0.1) is 6.92 Å². The molecule has 5 N–H and O–H groups in total. The Labute approximate surface area is 114 Å². The summed E-state index contributed by atoms with van der Waals surface area (Å²) in [7, 11) is -3.77. The maximum atomic E-state index is 12.0. The van der Waals surface area contributed by atoms with Gasteiger partial charge in [0.15, 0.2) is 0 Å². The molecule has 18 heavy (non-hydrogen) atoms. The van der Waals surface area contributed by atoms with Crippen LogP contribution in [-0.4, -0.2) is 37.9 Å². The molecule has 0 spiro atoms. The lowest BCUT2D eigenvalue weighted by Crippen LogP contribution is -2.34. The number of aliphatic hydroxyl groups excluding tert-OH is 2. The Morgan fingerprint density at radius 1 is 1.50 bits per heavy atom. The van der Waals surface area contributed by atoms with E-state index in [4.69, 9.17) is 15.9 Å². The number of rotatable bonds is 5. The van der Waals surface area contributed by atoms with Crippen molar-refractivity contribution in [2.45, 2.75) is 17.9 Å². The third kappa shape index (κ3) is 3.66. The average Bonchev–Trinajstić information content (AvgIpc) is 2.30. The van der Waals surface area contributed by atoms with Crippen molar-refractivity contribution in [1.29, 1.82) is 0 Å². The van der Waals surface area contributed by atoms with E-state index in [9.17, 15) is 8.42 Å². The number of nitrogens with two attached hydrogens (primary N) is 1. The summed E-state index contributed by atoms with van der Waals surface area (Å²) in [6.45, 7) is 0.825. The van der Waals surface area contributed by atoms with Crippen molar-refractivity contribution in [3.05, 3.63) is 22.2 Å². The smallest absolute Gasteiger partial charge is 0.241 e. The van der Waals surface area contributed by atoms with E-state index in [0.717, 1.165) is 0 Å². The number of halogens is 1. The first-order valence-electron chi connectivity index (χ1n) is 5.12. The number of hydrogen-bond acceptors (Lipinski definition) is 5.